The highest BCUT2D eigenvalue weighted by atomic mass is 16.5. The van der Waals surface area contributed by atoms with Crippen molar-refractivity contribution in [1.82, 2.24) is 10.3 Å². The lowest BCUT2D eigenvalue weighted by atomic mass is 10.4. The summed E-state index contributed by atoms with van der Waals surface area (Å²) in [5.41, 5.74) is 2.66. The molecule has 0 radical (unpaired) electrons. The van der Waals surface area contributed by atoms with Crippen LogP contribution in [0, 0.1) is 0 Å². The van der Waals surface area contributed by atoms with Crippen LogP contribution < -0.4 is 11.3 Å². The van der Waals surface area contributed by atoms with Crippen molar-refractivity contribution in [3.63, 3.8) is 0 Å². The number of nitrogens with two attached hydrogens (primary N) is 1. The van der Waals surface area contributed by atoms with Gasteiger partial charge in [-0.2, -0.15) is 0 Å². The van der Waals surface area contributed by atoms with Crippen LogP contribution in [0.3, 0.4) is 0 Å². The molecule has 0 aromatic rings. The fourth-order valence-corrected chi connectivity index (χ4v) is 1.59. The summed E-state index contributed by atoms with van der Waals surface area (Å²) in [6, 6.07) is 0. The second kappa shape index (κ2) is 8.32. The highest BCUT2D eigenvalue weighted by Crippen LogP contribution is 1.99. The Bertz CT molecular complexity index is 203. The van der Waals surface area contributed by atoms with Crippen LogP contribution in [0.5, 0.6) is 0 Å². The van der Waals surface area contributed by atoms with Crippen molar-refractivity contribution in [3.8, 4) is 0 Å². The number of aliphatic imine (C=N–C) groups is 1. The summed E-state index contributed by atoms with van der Waals surface area (Å²) in [6.45, 7) is 4.78. The molecule has 1 fully saturated rings. The number of hydrogen-bond donors (Lipinski definition) is 2. The number of hydrazine groups is 1. The van der Waals surface area contributed by atoms with Gasteiger partial charge in [0.2, 0.25) is 5.96 Å². The van der Waals surface area contributed by atoms with Crippen LogP contribution in [-0.2, 0) is 9.47 Å². The summed E-state index contributed by atoms with van der Waals surface area (Å²) in [5.74, 6) is 6.23. The Labute approximate surface area is 96.8 Å². The quantitative estimate of drug-likeness (QED) is 0.225. The molecule has 1 heterocycles. The van der Waals surface area contributed by atoms with Gasteiger partial charge in [-0.05, 0) is 12.8 Å². The zero-order valence-electron chi connectivity index (χ0n) is 9.95. The number of nitrogens with one attached hydrogen (secondary N) is 1. The van der Waals surface area contributed by atoms with Gasteiger partial charge in [0.25, 0.3) is 0 Å². The Balaban J connectivity index is 2.37. The van der Waals surface area contributed by atoms with Gasteiger partial charge in [-0.1, -0.05) is 0 Å². The number of methoxy groups -OCH3 is 1. The van der Waals surface area contributed by atoms with E-state index in [1.165, 1.54) is 0 Å². The van der Waals surface area contributed by atoms with Crippen LogP contribution >= 0.6 is 0 Å². The largest absolute Gasteiger partial charge is 0.385 e. The minimum Gasteiger partial charge on any atom is -0.385 e. The number of guanidine groups is 1. The molecule has 1 aliphatic rings. The molecule has 0 unspecified atom stereocenters. The van der Waals surface area contributed by atoms with E-state index in [1.54, 1.807) is 7.11 Å². The Morgan fingerprint density at radius 3 is 3.12 bits per heavy atom. The van der Waals surface area contributed by atoms with Crippen LogP contribution in [0.15, 0.2) is 4.99 Å². The van der Waals surface area contributed by atoms with Crippen LogP contribution in [0.1, 0.15) is 12.8 Å². The SMILES string of the molecule is COCCCN=C(NN)N1CCCOCC1. The molecule has 0 atom stereocenters. The van der Waals surface area contributed by atoms with Gasteiger partial charge in [0.05, 0.1) is 6.61 Å². The maximum absolute atomic E-state index is 5.47. The Morgan fingerprint density at radius 2 is 2.38 bits per heavy atom. The van der Waals surface area contributed by atoms with E-state index < -0.39 is 0 Å². The molecule has 0 aromatic heterocycles. The van der Waals surface area contributed by atoms with E-state index in [4.69, 9.17) is 15.3 Å². The molecule has 16 heavy (non-hydrogen) atoms. The first-order valence-electron chi connectivity index (χ1n) is 5.71. The molecule has 0 aliphatic carbocycles. The molecule has 1 saturated heterocycles. The van der Waals surface area contributed by atoms with E-state index >= 15 is 0 Å². The van der Waals surface area contributed by atoms with Crippen molar-refractivity contribution in [2.75, 3.05) is 46.6 Å². The highest BCUT2D eigenvalue weighted by Gasteiger charge is 2.12. The lowest BCUT2D eigenvalue weighted by Crippen LogP contribution is -2.46. The first-order chi connectivity index (χ1) is 7.88. The maximum Gasteiger partial charge on any atom is 0.208 e. The fraction of sp³-hybridized carbons (Fsp3) is 0.900. The first-order valence-corrected chi connectivity index (χ1v) is 5.71. The van der Waals surface area contributed by atoms with Gasteiger partial charge in [0.15, 0.2) is 0 Å². The van der Waals surface area contributed by atoms with E-state index in [-0.39, 0.29) is 0 Å². The molecule has 6 nitrogen and oxygen atoms in total. The maximum atomic E-state index is 5.47. The monoisotopic (exact) mass is 230 g/mol. The van der Waals surface area contributed by atoms with Crippen molar-refractivity contribution in [1.29, 1.82) is 0 Å². The predicted molar refractivity (Wildman–Crippen MR) is 63.1 cm³/mol. The topological polar surface area (TPSA) is 72.1 Å². The van der Waals surface area contributed by atoms with Crippen LogP contribution in [0.2, 0.25) is 0 Å². The summed E-state index contributed by atoms with van der Waals surface area (Å²) in [7, 11) is 1.69. The molecule has 1 rings (SSSR count). The van der Waals surface area contributed by atoms with Crippen molar-refractivity contribution in [2.45, 2.75) is 12.8 Å². The summed E-state index contributed by atoms with van der Waals surface area (Å²) in [6.07, 6.45) is 1.92. The molecule has 0 spiro atoms. The summed E-state index contributed by atoms with van der Waals surface area (Å²) >= 11 is 0. The number of nitrogens with zero attached hydrogens (tertiary/aromatic N) is 2. The van der Waals surface area contributed by atoms with Gasteiger partial charge in [-0.15, -0.1) is 0 Å². The van der Waals surface area contributed by atoms with E-state index in [1.807, 2.05) is 0 Å². The van der Waals surface area contributed by atoms with Crippen molar-refractivity contribution < 1.29 is 9.47 Å². The van der Waals surface area contributed by atoms with Gasteiger partial charge in [-0.25, -0.2) is 5.84 Å². The predicted octanol–water partition coefficient (Wildman–Crippen LogP) is -0.435. The third-order valence-corrected chi connectivity index (χ3v) is 2.42. The lowest BCUT2D eigenvalue weighted by molar-refractivity contribution is 0.147. The molecular weight excluding hydrogens is 208 g/mol. The summed E-state index contributed by atoms with van der Waals surface area (Å²) in [5, 5.41) is 0. The number of hydrogen-bond acceptors (Lipinski definition) is 4. The van der Waals surface area contributed by atoms with Crippen LogP contribution in [-0.4, -0.2) is 57.4 Å². The molecule has 94 valence electrons. The molecular formula is C10H22N4O2. The van der Waals surface area contributed by atoms with Crippen LogP contribution in [0.25, 0.3) is 0 Å². The number of rotatable bonds is 4. The van der Waals surface area contributed by atoms with Crippen molar-refractivity contribution in [3.05, 3.63) is 0 Å². The van der Waals surface area contributed by atoms with Crippen molar-refractivity contribution in [2.24, 2.45) is 10.8 Å². The van der Waals surface area contributed by atoms with Gasteiger partial charge in [0, 0.05) is 40.0 Å². The third kappa shape index (κ3) is 4.78. The standard InChI is InChI=1S/C10H22N4O2/c1-15-7-2-4-12-10(13-11)14-5-3-8-16-9-6-14/h2-9,11H2,1H3,(H,12,13). The minimum atomic E-state index is 0.727. The van der Waals surface area contributed by atoms with Gasteiger partial charge >= 0.3 is 0 Å². The Hall–Kier alpha value is -0.850. The Morgan fingerprint density at radius 1 is 1.50 bits per heavy atom. The van der Waals surface area contributed by atoms with E-state index in [0.717, 1.165) is 58.3 Å². The molecule has 3 N–H and O–H groups in total. The van der Waals surface area contributed by atoms with Gasteiger partial charge in [0.1, 0.15) is 0 Å². The van der Waals surface area contributed by atoms with Crippen LogP contribution in [0.4, 0.5) is 0 Å². The average Bonchev–Trinajstić information content (AvgIpc) is 2.58. The highest BCUT2D eigenvalue weighted by molar-refractivity contribution is 5.79. The van der Waals surface area contributed by atoms with Gasteiger partial charge in [-0.3, -0.25) is 10.4 Å². The van der Waals surface area contributed by atoms with Gasteiger partial charge < -0.3 is 14.4 Å². The molecule has 0 saturated carbocycles. The lowest BCUT2D eigenvalue weighted by Gasteiger charge is -2.22. The van der Waals surface area contributed by atoms with E-state index in [2.05, 4.69) is 15.3 Å². The Kier molecular flexibility index (Phi) is 6.87. The van der Waals surface area contributed by atoms with E-state index in [9.17, 15) is 0 Å². The first kappa shape index (κ1) is 13.2. The molecule has 0 bridgehead atoms. The zero-order chi connectivity index (χ0) is 11.6. The fourth-order valence-electron chi connectivity index (χ4n) is 1.59. The molecule has 6 heteroatoms. The second-order valence-corrected chi connectivity index (χ2v) is 3.65. The normalized spacial score (nSPS) is 18.4. The summed E-state index contributed by atoms with van der Waals surface area (Å²) in [4.78, 5) is 6.54. The molecule has 1 aliphatic heterocycles. The smallest absolute Gasteiger partial charge is 0.208 e. The zero-order valence-corrected chi connectivity index (χ0v) is 9.95. The minimum absolute atomic E-state index is 0.727. The van der Waals surface area contributed by atoms with E-state index in [0.29, 0.717) is 0 Å². The third-order valence-electron chi connectivity index (χ3n) is 2.42. The summed E-state index contributed by atoms with van der Waals surface area (Å²) < 4.78 is 10.3. The average molecular weight is 230 g/mol. The van der Waals surface area contributed by atoms with Crippen molar-refractivity contribution >= 4 is 5.96 Å². The molecule has 0 aromatic carbocycles. The molecule has 0 amide bonds. The number of ether oxygens (including phenoxy) is 2. The second-order valence-electron chi connectivity index (χ2n) is 3.65.